The smallest absolute Gasteiger partial charge is 0.412 e. The van der Waals surface area contributed by atoms with Crippen LogP contribution in [-0.2, 0) is 9.53 Å². The molecule has 4 rings (SSSR count). The third-order valence-electron chi connectivity index (χ3n) is 5.67. The maximum absolute atomic E-state index is 12.9. The van der Waals surface area contributed by atoms with E-state index >= 15 is 0 Å². The zero-order chi connectivity index (χ0) is 26.6. The Morgan fingerprint density at radius 1 is 1.08 bits per heavy atom. The topological polar surface area (TPSA) is 132 Å². The maximum atomic E-state index is 12.9. The molecule has 192 valence electrons. The molecule has 0 spiro atoms. The zero-order valence-corrected chi connectivity index (χ0v) is 22.3. The molecule has 0 unspecified atom stereocenters. The molecule has 3 aromatic rings. The molecule has 0 radical (unpaired) electrons. The molecule has 2 amide bonds. The van der Waals surface area contributed by atoms with Gasteiger partial charge in [-0.15, -0.1) is 0 Å². The lowest BCUT2D eigenvalue weighted by Gasteiger charge is -2.32. The zero-order valence-electron chi connectivity index (χ0n) is 20.2. The Morgan fingerprint density at radius 3 is 2.62 bits per heavy atom. The van der Waals surface area contributed by atoms with Gasteiger partial charge in [0.1, 0.15) is 11.9 Å². The number of para-hydroxylation sites is 2. The van der Waals surface area contributed by atoms with Crippen molar-refractivity contribution in [2.75, 3.05) is 23.2 Å². The van der Waals surface area contributed by atoms with Gasteiger partial charge in [-0.05, 0) is 71.1 Å². The van der Waals surface area contributed by atoms with Gasteiger partial charge in [0.05, 0.1) is 11.4 Å². The molecular weight excluding hydrogens is 589 g/mol. The van der Waals surface area contributed by atoms with Crippen molar-refractivity contribution in [1.82, 2.24) is 0 Å². The van der Waals surface area contributed by atoms with E-state index in [-0.39, 0.29) is 12.5 Å². The normalized spacial score (nSPS) is 13.3. The number of amides is 2. The first-order chi connectivity index (χ1) is 17.6. The minimum atomic E-state index is -0.943. The van der Waals surface area contributed by atoms with Crippen molar-refractivity contribution in [3.8, 4) is 17.2 Å². The highest BCUT2D eigenvalue weighted by atomic mass is 127. The van der Waals surface area contributed by atoms with E-state index in [1.807, 2.05) is 0 Å². The number of aromatic hydroxyl groups is 1. The number of ether oxygens (including phenoxy) is 3. The molecule has 37 heavy (non-hydrogen) atoms. The van der Waals surface area contributed by atoms with Crippen LogP contribution < -0.4 is 25.8 Å². The molecule has 0 saturated heterocycles. The minimum Gasteiger partial charge on any atom is -0.508 e. The standard InChI is InChI=1S/C27H26IN3O6/c1-27(2,12-11-24(33)31-20-6-4-3-5-19(20)29)25(18-13-16(28)7-9-21(18)32)37-26(34)30-17-8-10-22-23(14-17)36-15-35-22/h3-14,25,32H,15,29H2,1-2H3,(H,30,34)(H,31,33)/b12-11+/t25-/m0/s1. The van der Waals surface area contributed by atoms with Crippen LogP contribution in [0.3, 0.4) is 0 Å². The number of nitrogens with one attached hydrogen (secondary N) is 2. The number of benzene rings is 3. The molecule has 5 N–H and O–H groups in total. The Balaban J connectivity index is 1.55. The minimum absolute atomic E-state index is 0.0377. The van der Waals surface area contributed by atoms with E-state index in [4.69, 9.17) is 19.9 Å². The first kappa shape index (κ1) is 26.1. The lowest BCUT2D eigenvalue weighted by Crippen LogP contribution is -2.28. The SMILES string of the molecule is CC(C)(/C=C/C(=O)Nc1ccccc1N)[C@@H](OC(=O)Nc1ccc2c(c1)OCO2)c1cc(I)ccc1O. The van der Waals surface area contributed by atoms with Gasteiger partial charge in [0.2, 0.25) is 12.7 Å². The fourth-order valence-electron chi connectivity index (χ4n) is 3.74. The number of halogens is 1. The van der Waals surface area contributed by atoms with E-state index in [2.05, 4.69) is 33.2 Å². The van der Waals surface area contributed by atoms with Crippen LogP contribution in [0.2, 0.25) is 0 Å². The number of anilines is 3. The second-order valence-electron chi connectivity index (χ2n) is 8.91. The fourth-order valence-corrected chi connectivity index (χ4v) is 4.26. The first-order valence-corrected chi connectivity index (χ1v) is 12.4. The Morgan fingerprint density at radius 2 is 1.84 bits per heavy atom. The third-order valence-corrected chi connectivity index (χ3v) is 6.35. The van der Waals surface area contributed by atoms with Gasteiger partial charge in [-0.25, -0.2) is 4.79 Å². The van der Waals surface area contributed by atoms with Crippen LogP contribution in [0, 0.1) is 8.99 Å². The summed E-state index contributed by atoms with van der Waals surface area (Å²) < 4.78 is 17.3. The first-order valence-electron chi connectivity index (χ1n) is 11.3. The van der Waals surface area contributed by atoms with Gasteiger partial charge >= 0.3 is 6.09 Å². The van der Waals surface area contributed by atoms with Crippen molar-refractivity contribution in [2.45, 2.75) is 20.0 Å². The van der Waals surface area contributed by atoms with Crippen molar-refractivity contribution < 1.29 is 28.9 Å². The molecule has 9 nitrogen and oxygen atoms in total. The number of carbonyl (C=O) groups excluding carboxylic acids is 2. The van der Waals surface area contributed by atoms with Gasteiger partial charge in [0.15, 0.2) is 11.5 Å². The monoisotopic (exact) mass is 615 g/mol. The summed E-state index contributed by atoms with van der Waals surface area (Å²) in [5.74, 6) is 0.658. The summed E-state index contributed by atoms with van der Waals surface area (Å²) in [5, 5.41) is 16.0. The highest BCUT2D eigenvalue weighted by Gasteiger charge is 2.35. The summed E-state index contributed by atoms with van der Waals surface area (Å²) in [7, 11) is 0. The lowest BCUT2D eigenvalue weighted by molar-refractivity contribution is -0.112. The predicted molar refractivity (Wildman–Crippen MR) is 149 cm³/mol. The molecule has 0 bridgehead atoms. The molecule has 10 heteroatoms. The molecule has 1 heterocycles. The Bertz CT molecular complexity index is 1360. The Hall–Kier alpha value is -3.93. The van der Waals surface area contributed by atoms with Crippen LogP contribution >= 0.6 is 22.6 Å². The molecule has 3 aromatic carbocycles. The van der Waals surface area contributed by atoms with Gasteiger partial charge in [-0.1, -0.05) is 32.1 Å². The maximum Gasteiger partial charge on any atom is 0.412 e. The number of phenols is 1. The summed E-state index contributed by atoms with van der Waals surface area (Å²) in [5.41, 5.74) is 6.77. The number of nitrogen functional groups attached to an aromatic ring is 1. The van der Waals surface area contributed by atoms with E-state index in [0.717, 1.165) is 3.57 Å². The van der Waals surface area contributed by atoms with Crippen LogP contribution in [-0.4, -0.2) is 23.9 Å². The highest BCUT2D eigenvalue weighted by Crippen LogP contribution is 2.42. The Labute approximate surface area is 227 Å². The number of carbonyl (C=O) groups is 2. The van der Waals surface area contributed by atoms with Crippen molar-refractivity contribution in [1.29, 1.82) is 0 Å². The van der Waals surface area contributed by atoms with Crippen LogP contribution in [0.4, 0.5) is 21.9 Å². The molecular formula is C27H26IN3O6. The number of hydrogen-bond donors (Lipinski definition) is 4. The summed E-state index contributed by atoms with van der Waals surface area (Å²) in [6.45, 7) is 3.71. The van der Waals surface area contributed by atoms with E-state index in [0.29, 0.717) is 34.1 Å². The quantitative estimate of drug-likeness (QED) is 0.150. The number of fused-ring (bicyclic) bond motifs is 1. The van der Waals surface area contributed by atoms with Gasteiger partial charge < -0.3 is 30.4 Å². The fraction of sp³-hybridized carbons (Fsp3) is 0.185. The molecule has 0 saturated carbocycles. The molecule has 1 atom stereocenters. The number of rotatable bonds is 7. The second-order valence-corrected chi connectivity index (χ2v) is 10.2. The summed E-state index contributed by atoms with van der Waals surface area (Å²) in [4.78, 5) is 25.6. The van der Waals surface area contributed by atoms with E-state index < -0.39 is 23.5 Å². The van der Waals surface area contributed by atoms with Crippen LogP contribution in [0.5, 0.6) is 17.2 Å². The van der Waals surface area contributed by atoms with Crippen molar-refractivity contribution >= 4 is 51.7 Å². The highest BCUT2D eigenvalue weighted by molar-refractivity contribution is 14.1. The van der Waals surface area contributed by atoms with Crippen molar-refractivity contribution in [3.05, 3.63) is 81.9 Å². The largest absolute Gasteiger partial charge is 0.508 e. The number of hydrogen-bond acceptors (Lipinski definition) is 7. The van der Waals surface area contributed by atoms with Gasteiger partial charge in [0, 0.05) is 26.3 Å². The predicted octanol–water partition coefficient (Wildman–Crippen LogP) is 5.82. The van der Waals surface area contributed by atoms with Gasteiger partial charge in [-0.2, -0.15) is 0 Å². The van der Waals surface area contributed by atoms with Gasteiger partial charge in [0.25, 0.3) is 0 Å². The molecule has 1 aliphatic heterocycles. The Kier molecular flexibility index (Phi) is 7.77. The average molecular weight is 615 g/mol. The van der Waals surface area contributed by atoms with Gasteiger partial charge in [-0.3, -0.25) is 10.1 Å². The molecule has 0 fully saturated rings. The molecule has 0 aliphatic carbocycles. The van der Waals surface area contributed by atoms with Crippen LogP contribution in [0.15, 0.2) is 72.8 Å². The summed E-state index contributed by atoms with van der Waals surface area (Å²) >= 11 is 2.11. The number of phenolic OH excluding ortho intramolecular Hbond substituents is 1. The van der Waals surface area contributed by atoms with Crippen LogP contribution in [0.1, 0.15) is 25.5 Å². The lowest BCUT2D eigenvalue weighted by atomic mass is 9.81. The van der Waals surface area contributed by atoms with Crippen LogP contribution in [0.25, 0.3) is 0 Å². The van der Waals surface area contributed by atoms with Crippen molar-refractivity contribution in [3.63, 3.8) is 0 Å². The van der Waals surface area contributed by atoms with E-state index in [1.165, 1.54) is 12.1 Å². The molecule has 1 aliphatic rings. The van der Waals surface area contributed by atoms with E-state index in [1.54, 1.807) is 74.5 Å². The van der Waals surface area contributed by atoms with Crippen molar-refractivity contribution in [2.24, 2.45) is 5.41 Å². The number of nitrogens with two attached hydrogens (primary N) is 1. The summed E-state index contributed by atoms with van der Waals surface area (Å²) in [6, 6.07) is 16.9. The van der Waals surface area contributed by atoms with E-state index in [9.17, 15) is 14.7 Å². The summed E-state index contributed by atoms with van der Waals surface area (Å²) in [6.07, 6.45) is 1.29. The average Bonchev–Trinajstić information content (AvgIpc) is 3.32. The third kappa shape index (κ3) is 6.45. The second kappa shape index (κ2) is 11.0. The molecule has 0 aromatic heterocycles.